The molecule has 2 nitrogen and oxygen atoms in total. The van der Waals surface area contributed by atoms with E-state index in [0.29, 0.717) is 12.1 Å². The first-order valence-corrected chi connectivity index (χ1v) is 7.94. The van der Waals surface area contributed by atoms with Crippen LogP contribution in [0.25, 0.3) is 0 Å². The molecule has 0 aliphatic rings. The van der Waals surface area contributed by atoms with E-state index >= 15 is 0 Å². The van der Waals surface area contributed by atoms with Crippen molar-refractivity contribution < 1.29 is 4.79 Å². The zero-order valence-electron chi connectivity index (χ0n) is 9.45. The average Bonchev–Trinajstić information content (AvgIpc) is 2.85. The van der Waals surface area contributed by atoms with Crippen molar-refractivity contribution in [2.45, 2.75) is 6.42 Å². The van der Waals surface area contributed by atoms with Gasteiger partial charge in [-0.15, -0.1) is 0 Å². The Morgan fingerprint density at radius 3 is 2.83 bits per heavy atom. The number of halogens is 2. The molecule has 18 heavy (non-hydrogen) atoms. The number of nitrogens with one attached hydrogen (secondary N) is 1. The maximum atomic E-state index is 12.0. The third kappa shape index (κ3) is 3.67. The second-order valence-corrected chi connectivity index (χ2v) is 6.31. The summed E-state index contributed by atoms with van der Waals surface area (Å²) in [6, 6.07) is 7.64. The molecule has 0 spiro atoms. The molecular weight excluding hydrogens is 378 g/mol. The van der Waals surface area contributed by atoms with E-state index < -0.39 is 0 Å². The molecule has 1 amide bonds. The minimum Gasteiger partial charge on any atom is -0.352 e. The van der Waals surface area contributed by atoms with Crippen LogP contribution in [0.4, 0.5) is 0 Å². The number of hydrogen-bond donors (Lipinski definition) is 1. The molecule has 0 bridgehead atoms. The molecule has 1 aromatic heterocycles. The number of benzene rings is 1. The van der Waals surface area contributed by atoms with E-state index in [4.69, 9.17) is 0 Å². The van der Waals surface area contributed by atoms with Gasteiger partial charge in [0.25, 0.3) is 5.91 Å². The van der Waals surface area contributed by atoms with Crippen LogP contribution in [0.5, 0.6) is 0 Å². The quantitative estimate of drug-likeness (QED) is 0.833. The molecule has 5 heteroatoms. The van der Waals surface area contributed by atoms with Crippen LogP contribution in [0, 0.1) is 0 Å². The van der Waals surface area contributed by atoms with Gasteiger partial charge < -0.3 is 5.32 Å². The maximum Gasteiger partial charge on any atom is 0.252 e. The summed E-state index contributed by atoms with van der Waals surface area (Å²) in [4.78, 5) is 12.0. The van der Waals surface area contributed by atoms with E-state index in [1.165, 1.54) is 5.56 Å². The van der Waals surface area contributed by atoms with Crippen LogP contribution in [-0.2, 0) is 6.42 Å². The summed E-state index contributed by atoms with van der Waals surface area (Å²) in [6.07, 6.45) is 0.862. The Balaban J connectivity index is 1.93. The maximum absolute atomic E-state index is 12.0. The number of carbonyl (C=O) groups excluding carboxylic acids is 1. The number of hydrogen-bond acceptors (Lipinski definition) is 2. The summed E-state index contributed by atoms with van der Waals surface area (Å²) in [5.41, 5.74) is 1.91. The van der Waals surface area contributed by atoms with Crippen LogP contribution >= 0.6 is 43.2 Å². The minimum absolute atomic E-state index is 0.0570. The molecule has 1 aromatic carbocycles. The fourth-order valence-electron chi connectivity index (χ4n) is 1.52. The molecule has 2 aromatic rings. The van der Waals surface area contributed by atoms with Gasteiger partial charge in [0.15, 0.2) is 0 Å². The summed E-state index contributed by atoms with van der Waals surface area (Å²) in [5.74, 6) is -0.0570. The van der Waals surface area contributed by atoms with Gasteiger partial charge in [-0.3, -0.25) is 4.79 Å². The van der Waals surface area contributed by atoms with Gasteiger partial charge in [-0.25, -0.2) is 0 Å². The van der Waals surface area contributed by atoms with Gasteiger partial charge in [0, 0.05) is 15.5 Å². The molecule has 2 rings (SSSR count). The smallest absolute Gasteiger partial charge is 0.252 e. The van der Waals surface area contributed by atoms with Crippen molar-refractivity contribution in [3.8, 4) is 0 Å². The highest BCUT2D eigenvalue weighted by Gasteiger charge is 2.09. The lowest BCUT2D eigenvalue weighted by Gasteiger charge is -2.06. The Labute approximate surface area is 127 Å². The van der Waals surface area contributed by atoms with E-state index in [-0.39, 0.29) is 5.91 Å². The van der Waals surface area contributed by atoms with Crippen LogP contribution in [-0.4, -0.2) is 12.5 Å². The number of amides is 1. The Morgan fingerprint density at radius 1 is 1.28 bits per heavy atom. The van der Waals surface area contributed by atoms with Crippen molar-refractivity contribution in [1.82, 2.24) is 5.32 Å². The SMILES string of the molecule is O=C(NCCc1ccsc1)c1cc(Br)ccc1Br. The fourth-order valence-corrected chi connectivity index (χ4v) is 3.01. The van der Waals surface area contributed by atoms with Gasteiger partial charge in [-0.1, -0.05) is 15.9 Å². The zero-order valence-corrected chi connectivity index (χ0v) is 13.4. The van der Waals surface area contributed by atoms with Crippen molar-refractivity contribution in [3.05, 3.63) is 55.1 Å². The van der Waals surface area contributed by atoms with E-state index in [2.05, 4.69) is 48.6 Å². The lowest BCUT2D eigenvalue weighted by Crippen LogP contribution is -2.25. The van der Waals surface area contributed by atoms with Crippen LogP contribution in [0.2, 0.25) is 0 Å². The lowest BCUT2D eigenvalue weighted by molar-refractivity contribution is 0.0953. The van der Waals surface area contributed by atoms with Crippen molar-refractivity contribution in [3.63, 3.8) is 0 Å². The first-order chi connectivity index (χ1) is 8.66. The Kier molecular flexibility index (Phi) is 4.97. The molecule has 1 N–H and O–H groups in total. The molecule has 1 heterocycles. The second kappa shape index (κ2) is 6.50. The Hall–Kier alpha value is -0.650. The van der Waals surface area contributed by atoms with Gasteiger partial charge in [0.1, 0.15) is 0 Å². The van der Waals surface area contributed by atoms with Crippen LogP contribution in [0.3, 0.4) is 0 Å². The summed E-state index contributed by atoms with van der Waals surface area (Å²) in [5, 5.41) is 7.06. The highest BCUT2D eigenvalue weighted by molar-refractivity contribution is 9.11. The topological polar surface area (TPSA) is 29.1 Å². The monoisotopic (exact) mass is 387 g/mol. The van der Waals surface area contributed by atoms with E-state index in [0.717, 1.165) is 15.4 Å². The van der Waals surface area contributed by atoms with Gasteiger partial charge in [0.05, 0.1) is 5.56 Å². The third-order valence-electron chi connectivity index (χ3n) is 2.45. The minimum atomic E-state index is -0.0570. The predicted molar refractivity (Wildman–Crippen MR) is 82.2 cm³/mol. The second-order valence-electron chi connectivity index (χ2n) is 3.76. The molecule has 0 saturated heterocycles. The van der Waals surface area contributed by atoms with Crippen molar-refractivity contribution in [1.29, 1.82) is 0 Å². The highest BCUT2D eigenvalue weighted by atomic mass is 79.9. The van der Waals surface area contributed by atoms with E-state index in [1.54, 1.807) is 11.3 Å². The van der Waals surface area contributed by atoms with E-state index in [9.17, 15) is 4.79 Å². The van der Waals surface area contributed by atoms with Crippen LogP contribution in [0.1, 0.15) is 15.9 Å². The highest BCUT2D eigenvalue weighted by Crippen LogP contribution is 2.21. The first kappa shape index (κ1) is 13.8. The number of carbonyl (C=O) groups is 1. The molecule has 0 atom stereocenters. The van der Waals surface area contributed by atoms with Gasteiger partial charge in [0.2, 0.25) is 0 Å². The molecular formula is C13H11Br2NOS. The van der Waals surface area contributed by atoms with Crippen LogP contribution < -0.4 is 5.32 Å². The summed E-state index contributed by atoms with van der Waals surface area (Å²) < 4.78 is 1.70. The van der Waals surface area contributed by atoms with Gasteiger partial charge >= 0.3 is 0 Å². The molecule has 94 valence electrons. The normalized spacial score (nSPS) is 10.3. The molecule has 0 unspecified atom stereocenters. The fraction of sp³-hybridized carbons (Fsp3) is 0.154. The molecule has 0 radical (unpaired) electrons. The van der Waals surface area contributed by atoms with Gasteiger partial charge in [-0.05, 0) is 62.9 Å². The standard InChI is InChI=1S/C13H11Br2NOS/c14-10-1-2-12(15)11(7-10)13(17)16-5-3-9-4-6-18-8-9/h1-2,4,6-8H,3,5H2,(H,16,17). The summed E-state index contributed by atoms with van der Waals surface area (Å²) in [6.45, 7) is 0.647. The van der Waals surface area contributed by atoms with Crippen molar-refractivity contribution in [2.75, 3.05) is 6.54 Å². The van der Waals surface area contributed by atoms with Crippen molar-refractivity contribution >= 4 is 49.1 Å². The average molecular weight is 389 g/mol. The Bertz CT molecular complexity index is 540. The molecule has 0 aliphatic heterocycles. The van der Waals surface area contributed by atoms with Gasteiger partial charge in [-0.2, -0.15) is 11.3 Å². The Morgan fingerprint density at radius 2 is 2.11 bits per heavy atom. The van der Waals surface area contributed by atoms with Crippen molar-refractivity contribution in [2.24, 2.45) is 0 Å². The molecule has 0 saturated carbocycles. The third-order valence-corrected chi connectivity index (χ3v) is 4.37. The first-order valence-electron chi connectivity index (χ1n) is 5.41. The summed E-state index contributed by atoms with van der Waals surface area (Å²) >= 11 is 8.42. The summed E-state index contributed by atoms with van der Waals surface area (Å²) in [7, 11) is 0. The zero-order chi connectivity index (χ0) is 13.0. The largest absolute Gasteiger partial charge is 0.352 e. The predicted octanol–water partition coefficient (Wildman–Crippen LogP) is 4.25. The molecule has 0 fully saturated rings. The number of rotatable bonds is 4. The lowest BCUT2D eigenvalue weighted by atomic mass is 10.2. The number of thiophene rings is 1. The van der Waals surface area contributed by atoms with E-state index in [1.807, 2.05) is 23.6 Å². The van der Waals surface area contributed by atoms with Crippen LogP contribution in [0.15, 0.2) is 44.0 Å². The molecule has 0 aliphatic carbocycles.